The van der Waals surface area contributed by atoms with E-state index in [9.17, 15) is 5.11 Å². The molecule has 0 radical (unpaired) electrons. The molecule has 0 bridgehead atoms. The second-order valence-corrected chi connectivity index (χ2v) is 8.10. The zero-order valence-corrected chi connectivity index (χ0v) is 19.0. The topological polar surface area (TPSA) is 87.9 Å². The van der Waals surface area contributed by atoms with Crippen LogP contribution in [-0.4, -0.2) is 54.2 Å². The van der Waals surface area contributed by atoms with Gasteiger partial charge in [-0.3, -0.25) is 5.41 Å². The van der Waals surface area contributed by atoms with Gasteiger partial charge in [0.2, 0.25) is 0 Å². The first-order valence-electron chi connectivity index (χ1n) is 10.2. The molecule has 0 fully saturated rings. The molecule has 0 saturated carbocycles. The summed E-state index contributed by atoms with van der Waals surface area (Å²) in [5, 5.41) is 22.0. The Bertz CT molecular complexity index is 1140. The summed E-state index contributed by atoms with van der Waals surface area (Å²) in [6.07, 6.45) is 0. The van der Waals surface area contributed by atoms with Crippen molar-refractivity contribution in [2.45, 2.75) is 13.0 Å². The largest absolute Gasteiger partial charge is 0.509 e. The molecule has 0 saturated heterocycles. The number of aromatic nitrogens is 1. The first-order valence-corrected chi connectivity index (χ1v) is 11.1. The molecule has 0 amide bonds. The SMILES string of the molecule is COc1ccc(OC)c(-c2csc(C3=C(O)C(C)N(CCOc4ccccc4)C3=N)n2)c1. The number of benzene rings is 2. The van der Waals surface area contributed by atoms with Gasteiger partial charge in [-0.15, -0.1) is 11.3 Å². The van der Waals surface area contributed by atoms with Crippen molar-refractivity contribution in [3.8, 4) is 28.5 Å². The number of hydrogen-bond donors (Lipinski definition) is 2. The number of hydrogen-bond acceptors (Lipinski definition) is 7. The average molecular weight is 452 g/mol. The number of methoxy groups -OCH3 is 2. The molecule has 1 aliphatic rings. The zero-order chi connectivity index (χ0) is 22.7. The molecule has 0 aliphatic carbocycles. The van der Waals surface area contributed by atoms with Gasteiger partial charge in [-0.25, -0.2) is 4.98 Å². The minimum Gasteiger partial charge on any atom is -0.509 e. The summed E-state index contributed by atoms with van der Waals surface area (Å²) < 4.78 is 16.6. The second-order valence-electron chi connectivity index (χ2n) is 7.24. The molecular weight excluding hydrogens is 426 g/mol. The van der Waals surface area contributed by atoms with Gasteiger partial charge in [0.25, 0.3) is 0 Å². The molecule has 1 atom stereocenters. The first kappa shape index (κ1) is 21.7. The van der Waals surface area contributed by atoms with Gasteiger partial charge in [0.1, 0.15) is 40.5 Å². The Kier molecular flexibility index (Phi) is 6.32. The third-order valence-electron chi connectivity index (χ3n) is 5.39. The van der Waals surface area contributed by atoms with Crippen LogP contribution < -0.4 is 14.2 Å². The minimum absolute atomic E-state index is 0.146. The van der Waals surface area contributed by atoms with Crippen molar-refractivity contribution in [2.75, 3.05) is 27.4 Å². The number of aliphatic hydroxyl groups is 1. The van der Waals surface area contributed by atoms with E-state index in [4.69, 9.17) is 24.6 Å². The highest BCUT2D eigenvalue weighted by Crippen LogP contribution is 2.38. The fourth-order valence-corrected chi connectivity index (χ4v) is 4.51. The molecular formula is C24H25N3O4S. The molecule has 4 rings (SSSR count). The van der Waals surface area contributed by atoms with Gasteiger partial charge in [0.05, 0.1) is 38.1 Å². The van der Waals surface area contributed by atoms with Gasteiger partial charge in [-0.05, 0) is 37.3 Å². The maximum absolute atomic E-state index is 10.8. The van der Waals surface area contributed by atoms with Crippen molar-refractivity contribution in [1.82, 2.24) is 9.88 Å². The predicted octanol–water partition coefficient (Wildman–Crippen LogP) is 4.86. The lowest BCUT2D eigenvalue weighted by Crippen LogP contribution is -2.36. The summed E-state index contributed by atoms with van der Waals surface area (Å²) >= 11 is 1.38. The fraction of sp³-hybridized carbons (Fsp3) is 0.250. The summed E-state index contributed by atoms with van der Waals surface area (Å²) in [4.78, 5) is 6.53. The molecule has 3 aromatic rings. The van der Waals surface area contributed by atoms with Crippen LogP contribution in [0.3, 0.4) is 0 Å². The molecule has 0 spiro atoms. The monoisotopic (exact) mass is 451 g/mol. The molecule has 8 heteroatoms. The summed E-state index contributed by atoms with van der Waals surface area (Å²) in [5.41, 5.74) is 1.95. The van der Waals surface area contributed by atoms with Crippen LogP contribution in [0, 0.1) is 5.41 Å². The van der Waals surface area contributed by atoms with Crippen molar-refractivity contribution < 1.29 is 19.3 Å². The Morgan fingerprint density at radius 1 is 1.09 bits per heavy atom. The van der Waals surface area contributed by atoms with Gasteiger partial charge in [0, 0.05) is 10.9 Å². The smallest absolute Gasteiger partial charge is 0.135 e. The molecule has 1 aromatic heterocycles. The molecule has 166 valence electrons. The van der Waals surface area contributed by atoms with Gasteiger partial charge < -0.3 is 24.2 Å². The van der Waals surface area contributed by atoms with E-state index >= 15 is 0 Å². The predicted molar refractivity (Wildman–Crippen MR) is 126 cm³/mol. The third kappa shape index (κ3) is 4.13. The van der Waals surface area contributed by atoms with Crippen LogP contribution >= 0.6 is 11.3 Å². The number of nitrogens with one attached hydrogen (secondary N) is 1. The van der Waals surface area contributed by atoms with Gasteiger partial charge in [-0.1, -0.05) is 18.2 Å². The van der Waals surface area contributed by atoms with Crippen molar-refractivity contribution in [1.29, 1.82) is 5.41 Å². The lowest BCUT2D eigenvalue weighted by atomic mass is 10.1. The number of aliphatic hydroxyl groups excluding tert-OH is 1. The normalized spacial score (nSPS) is 15.9. The minimum atomic E-state index is -0.324. The van der Waals surface area contributed by atoms with Crippen molar-refractivity contribution in [3.05, 3.63) is 64.7 Å². The van der Waals surface area contributed by atoms with Crippen molar-refractivity contribution >= 4 is 22.7 Å². The quantitative estimate of drug-likeness (QED) is 0.509. The van der Waals surface area contributed by atoms with E-state index in [1.807, 2.05) is 65.7 Å². The number of thiazole rings is 1. The second kappa shape index (κ2) is 9.32. The Morgan fingerprint density at radius 3 is 2.59 bits per heavy atom. The maximum Gasteiger partial charge on any atom is 0.135 e. The Balaban J connectivity index is 1.53. The number of para-hydroxylation sites is 1. The summed E-state index contributed by atoms with van der Waals surface area (Å²) in [6, 6.07) is 14.7. The fourth-order valence-electron chi connectivity index (χ4n) is 3.64. The van der Waals surface area contributed by atoms with E-state index < -0.39 is 0 Å². The van der Waals surface area contributed by atoms with Crippen molar-refractivity contribution in [2.24, 2.45) is 0 Å². The molecule has 1 unspecified atom stereocenters. The van der Waals surface area contributed by atoms with Crippen LogP contribution in [0.5, 0.6) is 17.2 Å². The molecule has 1 aliphatic heterocycles. The van der Waals surface area contributed by atoms with E-state index in [2.05, 4.69) is 0 Å². The van der Waals surface area contributed by atoms with Gasteiger partial charge in [0.15, 0.2) is 0 Å². The molecule has 32 heavy (non-hydrogen) atoms. The number of nitrogens with zero attached hydrogens (tertiary/aromatic N) is 2. The van der Waals surface area contributed by atoms with Crippen LogP contribution in [0.4, 0.5) is 0 Å². The van der Waals surface area contributed by atoms with E-state index in [1.165, 1.54) is 11.3 Å². The first-order chi connectivity index (χ1) is 15.5. The zero-order valence-electron chi connectivity index (χ0n) is 18.2. The molecule has 2 heterocycles. The van der Waals surface area contributed by atoms with Crippen LogP contribution in [0.15, 0.2) is 59.7 Å². The summed E-state index contributed by atoms with van der Waals surface area (Å²) in [5.74, 6) is 2.54. The van der Waals surface area contributed by atoms with Gasteiger partial charge >= 0.3 is 0 Å². The molecule has 2 aromatic carbocycles. The van der Waals surface area contributed by atoms with Gasteiger partial charge in [-0.2, -0.15) is 0 Å². The van der Waals surface area contributed by atoms with Crippen LogP contribution in [0.2, 0.25) is 0 Å². The highest BCUT2D eigenvalue weighted by Gasteiger charge is 2.36. The Hall–Kier alpha value is -3.52. The Morgan fingerprint density at radius 2 is 1.88 bits per heavy atom. The van der Waals surface area contributed by atoms with E-state index in [1.54, 1.807) is 14.2 Å². The summed E-state index contributed by atoms with van der Waals surface area (Å²) in [6.45, 7) is 2.75. The maximum atomic E-state index is 10.8. The third-order valence-corrected chi connectivity index (χ3v) is 6.25. The average Bonchev–Trinajstić information content (AvgIpc) is 3.38. The lowest BCUT2D eigenvalue weighted by Gasteiger charge is -2.24. The van der Waals surface area contributed by atoms with Crippen molar-refractivity contribution in [3.63, 3.8) is 0 Å². The molecule has 7 nitrogen and oxygen atoms in total. The van der Waals surface area contributed by atoms with Crippen LogP contribution in [0.25, 0.3) is 16.8 Å². The Labute approximate surface area is 191 Å². The number of rotatable bonds is 8. The highest BCUT2D eigenvalue weighted by molar-refractivity contribution is 7.11. The summed E-state index contributed by atoms with van der Waals surface area (Å²) in [7, 11) is 3.22. The van der Waals surface area contributed by atoms with E-state index in [0.717, 1.165) is 11.3 Å². The van der Waals surface area contributed by atoms with Crippen LogP contribution in [-0.2, 0) is 0 Å². The lowest BCUT2D eigenvalue weighted by molar-refractivity contribution is 0.232. The highest BCUT2D eigenvalue weighted by atomic mass is 32.1. The van der Waals surface area contributed by atoms with E-state index in [-0.39, 0.29) is 17.6 Å². The molecule has 2 N–H and O–H groups in total. The standard InChI is InChI=1S/C24H25N3O4S/c1-15-22(28)21(23(25)27(15)11-12-31-16-7-5-4-6-8-16)24-26-19(14-32-24)18-13-17(29-2)9-10-20(18)30-3/h4-10,13-15,25,28H,11-12H2,1-3H3. The number of amidine groups is 1. The van der Waals surface area contributed by atoms with Crippen LogP contribution in [0.1, 0.15) is 11.9 Å². The number of ether oxygens (including phenoxy) is 3. The van der Waals surface area contributed by atoms with E-state index in [0.29, 0.717) is 40.9 Å².